The number of carbonyl (C=O) groups excluding carboxylic acids is 1. The first-order valence-corrected chi connectivity index (χ1v) is 13.2. The van der Waals surface area contributed by atoms with Gasteiger partial charge in [0.05, 0.1) is 22.8 Å². The number of fused-ring (bicyclic) bond motifs is 1. The largest absolute Gasteiger partial charge is 0.361 e. The maximum absolute atomic E-state index is 14.1. The lowest BCUT2D eigenvalue weighted by Gasteiger charge is -2.30. The van der Waals surface area contributed by atoms with Crippen LogP contribution < -0.4 is 4.90 Å². The molecule has 0 N–H and O–H groups in total. The summed E-state index contributed by atoms with van der Waals surface area (Å²) >= 11 is 0. The minimum Gasteiger partial charge on any atom is -0.361 e. The van der Waals surface area contributed by atoms with Crippen molar-refractivity contribution >= 4 is 22.6 Å². The van der Waals surface area contributed by atoms with E-state index in [1.165, 1.54) is 11.0 Å². The summed E-state index contributed by atoms with van der Waals surface area (Å²) in [5, 5.41) is 4.05. The number of aryl methyl sites for hydroxylation is 2. The van der Waals surface area contributed by atoms with E-state index in [4.69, 9.17) is 9.51 Å². The summed E-state index contributed by atoms with van der Waals surface area (Å²) < 4.78 is 63.0. The van der Waals surface area contributed by atoms with Crippen molar-refractivity contribution in [2.45, 2.75) is 70.9 Å². The van der Waals surface area contributed by atoms with Crippen molar-refractivity contribution in [1.29, 1.82) is 0 Å². The van der Waals surface area contributed by atoms with E-state index in [2.05, 4.69) is 5.16 Å². The first-order valence-electron chi connectivity index (χ1n) is 13.2. The van der Waals surface area contributed by atoms with Gasteiger partial charge in [0.25, 0.3) is 0 Å². The molecule has 3 heterocycles. The number of alkyl halides is 2. The van der Waals surface area contributed by atoms with Gasteiger partial charge < -0.3 is 14.0 Å². The van der Waals surface area contributed by atoms with Crippen LogP contribution in [-0.2, 0) is 11.3 Å². The Morgan fingerprint density at radius 1 is 1.03 bits per heavy atom. The van der Waals surface area contributed by atoms with E-state index < -0.39 is 23.6 Å². The normalized spacial score (nSPS) is 19.9. The van der Waals surface area contributed by atoms with Gasteiger partial charge in [-0.3, -0.25) is 4.79 Å². The Hall–Kier alpha value is -3.69. The highest BCUT2D eigenvalue weighted by Gasteiger charge is 2.39. The van der Waals surface area contributed by atoms with Crippen LogP contribution in [0.3, 0.4) is 0 Å². The number of anilines is 1. The van der Waals surface area contributed by atoms with Gasteiger partial charge in [0.2, 0.25) is 11.8 Å². The summed E-state index contributed by atoms with van der Waals surface area (Å²) in [5.41, 5.74) is 4.28. The molecule has 2 fully saturated rings. The average Bonchev–Trinajstić information content (AvgIpc) is 3.56. The Bertz CT molecular complexity index is 1550. The molecule has 1 saturated heterocycles. The fourth-order valence-corrected chi connectivity index (χ4v) is 6.07. The highest BCUT2D eigenvalue weighted by molar-refractivity contribution is 5.96. The predicted octanol–water partition coefficient (Wildman–Crippen LogP) is 7.28. The molecule has 2 aliphatic rings. The van der Waals surface area contributed by atoms with E-state index in [-0.39, 0.29) is 36.8 Å². The smallest absolute Gasteiger partial charge is 0.248 e. The highest BCUT2D eigenvalue weighted by Crippen LogP contribution is 2.41. The Morgan fingerprint density at radius 2 is 1.79 bits per heavy atom. The van der Waals surface area contributed by atoms with Crippen LogP contribution >= 0.6 is 0 Å². The molecule has 39 heavy (non-hydrogen) atoms. The molecular formula is C29H28F4N4O2. The molecule has 1 saturated carbocycles. The molecule has 1 aliphatic carbocycles. The quantitative estimate of drug-likeness (QED) is 0.250. The molecule has 10 heteroatoms. The third-order valence-electron chi connectivity index (χ3n) is 8.07. The Balaban J connectivity index is 1.45. The summed E-state index contributed by atoms with van der Waals surface area (Å²) in [6.45, 7) is 4.18. The van der Waals surface area contributed by atoms with Gasteiger partial charge in [-0.15, -0.1) is 0 Å². The van der Waals surface area contributed by atoms with E-state index in [1.807, 2.05) is 36.6 Å². The molecule has 2 aromatic heterocycles. The predicted molar refractivity (Wildman–Crippen MR) is 137 cm³/mol. The molecule has 204 valence electrons. The van der Waals surface area contributed by atoms with Gasteiger partial charge in [-0.05, 0) is 68.9 Å². The zero-order valence-electron chi connectivity index (χ0n) is 21.7. The second kappa shape index (κ2) is 9.50. The second-order valence-corrected chi connectivity index (χ2v) is 10.7. The lowest BCUT2D eigenvalue weighted by atomic mass is 9.86. The molecule has 1 aliphatic heterocycles. The van der Waals surface area contributed by atoms with E-state index in [0.29, 0.717) is 42.9 Å². The van der Waals surface area contributed by atoms with Crippen LogP contribution in [0.15, 0.2) is 40.9 Å². The fraction of sp³-hybridized carbons (Fsp3) is 0.414. The second-order valence-electron chi connectivity index (χ2n) is 10.7. The summed E-state index contributed by atoms with van der Waals surface area (Å²) in [4.78, 5) is 19.4. The number of aromatic nitrogens is 3. The van der Waals surface area contributed by atoms with Crippen LogP contribution in [0, 0.1) is 31.4 Å². The zero-order chi connectivity index (χ0) is 27.5. The number of halogens is 4. The monoisotopic (exact) mass is 540 g/mol. The number of imidazole rings is 1. The van der Waals surface area contributed by atoms with Gasteiger partial charge in [0, 0.05) is 43.1 Å². The van der Waals surface area contributed by atoms with E-state index in [0.717, 1.165) is 34.5 Å². The third-order valence-corrected chi connectivity index (χ3v) is 8.07. The standard InChI is InChI=1S/C29H28F4N4O2/c1-16-27(17(2)39-35-16)19-3-6-24-23(13-19)34-28(36(24)15-18-9-11-29(32,33)12-10-18)25-7-8-26(38)37(25)20-4-5-21(30)22(31)14-20/h3-6,13-14,18,25H,7-12,15H2,1-2H3/t25-/m0/s1. The van der Waals surface area contributed by atoms with Crippen molar-refractivity contribution < 1.29 is 26.9 Å². The molecule has 4 aromatic rings. The van der Waals surface area contributed by atoms with Gasteiger partial charge in [-0.1, -0.05) is 11.2 Å². The highest BCUT2D eigenvalue weighted by atomic mass is 19.3. The van der Waals surface area contributed by atoms with Crippen molar-refractivity contribution in [2.75, 3.05) is 4.90 Å². The third kappa shape index (κ3) is 4.59. The summed E-state index contributed by atoms with van der Waals surface area (Å²) in [6.07, 6.45) is 1.14. The molecule has 1 atom stereocenters. The molecular weight excluding hydrogens is 512 g/mol. The Labute approximate surface area is 222 Å². The number of amides is 1. The van der Waals surface area contributed by atoms with Crippen molar-refractivity contribution in [1.82, 2.24) is 14.7 Å². The van der Waals surface area contributed by atoms with Crippen molar-refractivity contribution in [2.24, 2.45) is 5.92 Å². The molecule has 1 amide bonds. The van der Waals surface area contributed by atoms with E-state index in [1.54, 1.807) is 0 Å². The molecule has 0 bridgehead atoms. The number of hydrogen-bond acceptors (Lipinski definition) is 4. The van der Waals surface area contributed by atoms with Gasteiger partial charge in [-0.2, -0.15) is 0 Å². The van der Waals surface area contributed by atoms with Crippen LogP contribution in [-0.4, -0.2) is 26.5 Å². The number of nitrogens with zero attached hydrogens (tertiary/aromatic N) is 4. The SMILES string of the molecule is Cc1noc(C)c1-c1ccc2c(c1)nc([C@@H]1CCC(=O)N1c1ccc(F)c(F)c1)n2CC1CCC(F)(F)CC1. The van der Waals surface area contributed by atoms with Gasteiger partial charge in [-0.25, -0.2) is 22.5 Å². The molecule has 2 aromatic carbocycles. The lowest BCUT2D eigenvalue weighted by molar-refractivity contribution is -0.117. The van der Waals surface area contributed by atoms with Gasteiger partial charge in [0.1, 0.15) is 11.6 Å². The maximum atomic E-state index is 14.1. The van der Waals surface area contributed by atoms with Crippen LogP contribution in [0.25, 0.3) is 22.2 Å². The number of rotatable bonds is 5. The molecule has 6 nitrogen and oxygen atoms in total. The average molecular weight is 541 g/mol. The Kier molecular flexibility index (Phi) is 6.23. The van der Waals surface area contributed by atoms with Crippen LogP contribution in [0.1, 0.15) is 61.8 Å². The first kappa shape index (κ1) is 25.6. The molecule has 6 rings (SSSR count). The fourth-order valence-electron chi connectivity index (χ4n) is 6.07. The van der Waals surface area contributed by atoms with Crippen LogP contribution in [0.5, 0.6) is 0 Å². The van der Waals surface area contributed by atoms with Crippen LogP contribution in [0.4, 0.5) is 23.2 Å². The van der Waals surface area contributed by atoms with Crippen LogP contribution in [0.2, 0.25) is 0 Å². The topological polar surface area (TPSA) is 64.2 Å². The van der Waals surface area contributed by atoms with Crippen molar-refractivity contribution in [3.8, 4) is 11.1 Å². The first-order chi connectivity index (χ1) is 18.6. The summed E-state index contributed by atoms with van der Waals surface area (Å²) in [7, 11) is 0. The zero-order valence-corrected chi connectivity index (χ0v) is 21.7. The molecule has 0 unspecified atom stereocenters. The number of benzene rings is 2. The molecule has 0 spiro atoms. The van der Waals surface area contributed by atoms with Crippen molar-refractivity contribution in [3.05, 3.63) is 65.3 Å². The number of hydrogen-bond donors (Lipinski definition) is 0. The van der Waals surface area contributed by atoms with E-state index >= 15 is 0 Å². The summed E-state index contributed by atoms with van der Waals surface area (Å²) in [6, 6.07) is 8.76. The number of carbonyl (C=O) groups is 1. The van der Waals surface area contributed by atoms with Gasteiger partial charge >= 0.3 is 0 Å². The van der Waals surface area contributed by atoms with Crippen molar-refractivity contribution in [3.63, 3.8) is 0 Å². The lowest BCUT2D eigenvalue weighted by Crippen LogP contribution is -2.31. The molecule has 0 radical (unpaired) electrons. The van der Waals surface area contributed by atoms with Gasteiger partial charge in [0.15, 0.2) is 11.6 Å². The van der Waals surface area contributed by atoms with E-state index in [9.17, 15) is 22.4 Å². The minimum absolute atomic E-state index is 0.0248. The summed E-state index contributed by atoms with van der Waals surface area (Å²) in [5.74, 6) is -3.56. The maximum Gasteiger partial charge on any atom is 0.248 e. The Morgan fingerprint density at radius 3 is 2.49 bits per heavy atom. The minimum atomic E-state index is -2.64.